The van der Waals surface area contributed by atoms with Crippen molar-refractivity contribution in [3.05, 3.63) is 46.2 Å². The summed E-state index contributed by atoms with van der Waals surface area (Å²) in [5, 5.41) is 14.4. The largest absolute Gasteiger partial charge is 0.505 e. The number of carbonyl (C=O) groups is 2. The number of thioether (sulfide) groups is 1. The summed E-state index contributed by atoms with van der Waals surface area (Å²) in [5.74, 6) is -4.13. The maximum absolute atomic E-state index is 14.5. The maximum Gasteiger partial charge on any atom is 0.464 e. The van der Waals surface area contributed by atoms with Crippen molar-refractivity contribution in [2.45, 2.75) is 29.0 Å². The Morgan fingerprint density at radius 2 is 1.84 bits per heavy atom. The Labute approximate surface area is 177 Å². The van der Waals surface area contributed by atoms with E-state index >= 15 is 0 Å². The Morgan fingerprint density at radius 3 is 2.42 bits per heavy atom. The van der Waals surface area contributed by atoms with E-state index in [9.17, 15) is 41.0 Å². The number of fused-ring (bicyclic) bond motifs is 1. The molecule has 13 heteroatoms. The van der Waals surface area contributed by atoms with Crippen LogP contribution in [0.5, 0.6) is 5.75 Å². The van der Waals surface area contributed by atoms with E-state index in [1.54, 1.807) is 0 Å². The Morgan fingerprint density at radius 1 is 1.19 bits per heavy atom. The number of aromatic hydroxyl groups is 1. The van der Waals surface area contributed by atoms with Gasteiger partial charge in [-0.05, 0) is 42.4 Å². The second kappa shape index (κ2) is 7.79. The number of carbonyl (C=O) groups excluding carboxylic acids is 1. The van der Waals surface area contributed by atoms with Crippen molar-refractivity contribution < 1.29 is 46.1 Å². The van der Waals surface area contributed by atoms with Crippen LogP contribution in [0.15, 0.2) is 27.8 Å². The molecule has 0 bridgehead atoms. The second-order valence-corrected chi connectivity index (χ2v) is 8.67. The molecule has 0 spiro atoms. The summed E-state index contributed by atoms with van der Waals surface area (Å²) < 4.78 is 78.7. The molecule has 2 N–H and O–H groups in total. The molecule has 0 fully saturated rings. The zero-order valence-electron chi connectivity index (χ0n) is 15.3. The van der Waals surface area contributed by atoms with Gasteiger partial charge in [-0.1, -0.05) is 0 Å². The highest BCUT2D eigenvalue weighted by Gasteiger charge is 2.58. The van der Waals surface area contributed by atoms with Crippen molar-refractivity contribution in [2.75, 3.05) is 0 Å². The van der Waals surface area contributed by atoms with Gasteiger partial charge in [0.15, 0.2) is 11.6 Å². The lowest BCUT2D eigenvalue weighted by atomic mass is 10.1. The predicted molar refractivity (Wildman–Crippen MR) is 101 cm³/mol. The molecule has 2 aromatic heterocycles. The number of carboxylic acid groups (broad SMARTS) is 1. The van der Waals surface area contributed by atoms with Crippen LogP contribution in [0.2, 0.25) is 0 Å². The van der Waals surface area contributed by atoms with E-state index in [0.29, 0.717) is 11.3 Å². The minimum atomic E-state index is -5.79. The van der Waals surface area contributed by atoms with E-state index < -0.39 is 57.3 Å². The van der Waals surface area contributed by atoms with Gasteiger partial charge in [-0.3, -0.25) is 14.2 Å². The Balaban J connectivity index is 2.08. The topological polar surface area (TPSA) is 79.5 Å². The molecule has 3 rings (SSSR count). The third-order valence-electron chi connectivity index (χ3n) is 4.33. The summed E-state index contributed by atoms with van der Waals surface area (Å²) in [6, 6.07) is 2.96. The quantitative estimate of drug-likeness (QED) is 0.374. The Kier molecular flexibility index (Phi) is 5.78. The lowest BCUT2D eigenvalue weighted by Gasteiger charge is -2.17. The van der Waals surface area contributed by atoms with E-state index in [1.165, 1.54) is 13.0 Å². The number of halogens is 6. The lowest BCUT2D eigenvalue weighted by molar-refractivity contribution is -0.237. The first kappa shape index (κ1) is 23.0. The minimum Gasteiger partial charge on any atom is -0.505 e. The van der Waals surface area contributed by atoms with Gasteiger partial charge in [-0.15, -0.1) is 11.3 Å². The van der Waals surface area contributed by atoms with Crippen molar-refractivity contribution in [1.29, 1.82) is 0 Å². The minimum absolute atomic E-state index is 0.0212. The fraction of sp³-hybridized carbons (Fsp3) is 0.222. The van der Waals surface area contributed by atoms with E-state index in [4.69, 9.17) is 5.11 Å². The molecule has 5 nitrogen and oxygen atoms in total. The van der Waals surface area contributed by atoms with Crippen LogP contribution in [-0.2, 0) is 11.2 Å². The molecule has 0 amide bonds. The summed E-state index contributed by atoms with van der Waals surface area (Å²) in [5.41, 5.74) is -0.401. The van der Waals surface area contributed by atoms with Crippen molar-refractivity contribution in [2.24, 2.45) is 0 Å². The molecule has 1 aromatic carbocycles. The number of phenolic OH excluding ortho intramolecular Hbond substituents is 1. The van der Waals surface area contributed by atoms with Crippen LogP contribution in [0.3, 0.4) is 0 Å². The standard InChI is InChI=1S/C18H11F6NO4S2/c1-7-9(5-12(27)28)14-10(2-3-11(26)15(14)19)25(7)16(29)8-4-13(30-6-8)31-18(23,24)17(20,21)22/h2-4,6,26H,5H2,1H3,(H,27,28). The van der Waals surface area contributed by atoms with Crippen molar-refractivity contribution in [3.63, 3.8) is 0 Å². The molecule has 0 aliphatic rings. The number of alkyl halides is 5. The van der Waals surface area contributed by atoms with E-state index in [0.717, 1.165) is 22.1 Å². The molecule has 0 atom stereocenters. The number of rotatable bonds is 5. The average Bonchev–Trinajstić information content (AvgIpc) is 3.19. The van der Waals surface area contributed by atoms with Gasteiger partial charge < -0.3 is 10.2 Å². The monoisotopic (exact) mass is 483 g/mol. The second-order valence-electron chi connectivity index (χ2n) is 6.34. The van der Waals surface area contributed by atoms with Crippen molar-refractivity contribution in [1.82, 2.24) is 4.57 Å². The summed E-state index contributed by atoms with van der Waals surface area (Å²) in [4.78, 5) is 24.2. The molecule has 0 aliphatic carbocycles. The number of aromatic nitrogens is 1. The highest BCUT2D eigenvalue weighted by atomic mass is 32.2. The Hall–Kier alpha value is -2.67. The fourth-order valence-electron chi connectivity index (χ4n) is 2.95. The first-order valence-corrected chi connectivity index (χ1v) is 9.94. The normalized spacial score (nSPS) is 12.5. The molecule has 31 heavy (non-hydrogen) atoms. The first-order valence-electron chi connectivity index (χ1n) is 8.24. The molecule has 0 saturated carbocycles. The summed E-state index contributed by atoms with van der Waals surface area (Å²) >= 11 is -0.270. The van der Waals surface area contributed by atoms with Gasteiger partial charge in [-0.2, -0.15) is 22.0 Å². The molecule has 166 valence electrons. The fourth-order valence-corrected chi connectivity index (χ4v) is 4.76. The third-order valence-corrected chi connectivity index (χ3v) is 6.39. The van der Waals surface area contributed by atoms with E-state index in [1.807, 2.05) is 0 Å². The van der Waals surface area contributed by atoms with Gasteiger partial charge in [0.25, 0.3) is 5.91 Å². The summed E-state index contributed by atoms with van der Waals surface area (Å²) in [6.45, 7) is 1.33. The van der Waals surface area contributed by atoms with Crippen LogP contribution in [0, 0.1) is 12.7 Å². The van der Waals surface area contributed by atoms with Crippen LogP contribution in [0.4, 0.5) is 26.3 Å². The van der Waals surface area contributed by atoms with Crippen molar-refractivity contribution in [3.8, 4) is 5.75 Å². The number of thiophene rings is 1. The zero-order valence-corrected chi connectivity index (χ0v) is 16.9. The number of carboxylic acids is 1. The number of hydrogen-bond donors (Lipinski definition) is 2. The van der Waals surface area contributed by atoms with Crippen LogP contribution in [0.1, 0.15) is 21.6 Å². The predicted octanol–water partition coefficient (Wildman–Crippen LogP) is 5.42. The van der Waals surface area contributed by atoms with Crippen LogP contribution < -0.4 is 0 Å². The summed E-state index contributed by atoms with van der Waals surface area (Å²) in [6.07, 6.45) is -6.46. The van der Waals surface area contributed by atoms with E-state index in [-0.39, 0.29) is 27.7 Å². The maximum atomic E-state index is 14.5. The SMILES string of the molecule is Cc1c(CC(=O)O)c2c(F)c(O)ccc2n1C(=O)c1csc(SC(F)(F)C(F)(F)F)c1. The van der Waals surface area contributed by atoms with Crippen molar-refractivity contribution >= 4 is 45.9 Å². The van der Waals surface area contributed by atoms with Gasteiger partial charge in [-0.25, -0.2) is 4.39 Å². The zero-order chi connectivity index (χ0) is 23.3. The number of benzene rings is 1. The Bertz CT molecular complexity index is 1200. The number of phenols is 1. The first-order chi connectivity index (χ1) is 14.2. The van der Waals surface area contributed by atoms with Crippen LogP contribution in [-0.4, -0.2) is 38.1 Å². The molecule has 3 aromatic rings. The molecule has 0 saturated heterocycles. The lowest BCUT2D eigenvalue weighted by Crippen LogP contribution is -2.32. The van der Waals surface area contributed by atoms with Crippen LogP contribution >= 0.6 is 23.1 Å². The van der Waals surface area contributed by atoms with Gasteiger partial charge in [0.05, 0.1) is 21.7 Å². The van der Waals surface area contributed by atoms with Crippen LogP contribution in [0.25, 0.3) is 10.9 Å². The summed E-state index contributed by atoms with van der Waals surface area (Å²) in [7, 11) is 0. The molecular formula is C18H11F6NO4S2. The smallest absolute Gasteiger partial charge is 0.464 e. The highest BCUT2D eigenvalue weighted by Crippen LogP contribution is 2.49. The highest BCUT2D eigenvalue weighted by molar-refractivity contribution is 8.02. The van der Waals surface area contributed by atoms with Gasteiger partial charge in [0, 0.05) is 16.5 Å². The number of nitrogens with zero attached hydrogens (tertiary/aromatic N) is 1. The van der Waals surface area contributed by atoms with Gasteiger partial charge in [0.1, 0.15) is 0 Å². The van der Waals surface area contributed by atoms with Gasteiger partial charge in [0.2, 0.25) is 0 Å². The number of aliphatic carboxylic acids is 1. The molecular weight excluding hydrogens is 472 g/mol. The molecule has 0 radical (unpaired) electrons. The molecule has 2 heterocycles. The average molecular weight is 483 g/mol. The molecule has 0 unspecified atom stereocenters. The number of hydrogen-bond acceptors (Lipinski definition) is 5. The molecule has 0 aliphatic heterocycles. The third kappa shape index (κ3) is 4.11. The van der Waals surface area contributed by atoms with E-state index in [2.05, 4.69) is 0 Å². The van der Waals surface area contributed by atoms with Gasteiger partial charge >= 0.3 is 17.4 Å².